The molecule has 2 aromatic rings. The molecule has 0 N–H and O–H groups in total. The second kappa shape index (κ2) is 7.90. The number of carbonyl (C=O) groups is 1. The smallest absolute Gasteiger partial charge is 0.333 e. The molecule has 0 aromatic heterocycles. The number of para-hydroxylation sites is 1. The van der Waals surface area contributed by atoms with Crippen LogP contribution in [0.1, 0.15) is 13.3 Å². The predicted octanol–water partition coefficient (Wildman–Crippen LogP) is 4.20. The quantitative estimate of drug-likeness (QED) is 0.452. The summed E-state index contributed by atoms with van der Waals surface area (Å²) >= 11 is 0. The van der Waals surface area contributed by atoms with E-state index in [0.717, 1.165) is 17.5 Å². The standard InChI is InChI=1S/C18H18O3/c1-2-13-21-18(19)12-14-20-17-11-7-6-10-16(17)15-8-4-3-5-9-15/h3-12,14H,2,13H2,1H3. The Kier molecular flexibility index (Phi) is 5.59. The second-order valence-electron chi connectivity index (χ2n) is 4.45. The van der Waals surface area contributed by atoms with Crippen molar-refractivity contribution in [3.8, 4) is 16.9 Å². The fourth-order valence-corrected chi connectivity index (χ4v) is 1.84. The third-order valence-electron chi connectivity index (χ3n) is 2.82. The van der Waals surface area contributed by atoms with Gasteiger partial charge in [-0.25, -0.2) is 4.79 Å². The predicted molar refractivity (Wildman–Crippen MR) is 82.9 cm³/mol. The lowest BCUT2D eigenvalue weighted by molar-refractivity contribution is -0.137. The van der Waals surface area contributed by atoms with Gasteiger partial charge in [0.1, 0.15) is 5.75 Å². The summed E-state index contributed by atoms with van der Waals surface area (Å²) in [6.07, 6.45) is 3.45. The van der Waals surface area contributed by atoms with E-state index in [0.29, 0.717) is 12.4 Å². The zero-order chi connectivity index (χ0) is 14.9. The molecule has 0 atom stereocenters. The van der Waals surface area contributed by atoms with Gasteiger partial charge >= 0.3 is 5.97 Å². The van der Waals surface area contributed by atoms with E-state index < -0.39 is 5.97 Å². The Morgan fingerprint density at radius 2 is 1.76 bits per heavy atom. The van der Waals surface area contributed by atoms with Crippen molar-refractivity contribution in [2.45, 2.75) is 13.3 Å². The highest BCUT2D eigenvalue weighted by atomic mass is 16.5. The summed E-state index contributed by atoms with van der Waals surface area (Å²) in [6.45, 7) is 2.37. The maximum Gasteiger partial charge on any atom is 0.333 e. The van der Waals surface area contributed by atoms with E-state index in [4.69, 9.17) is 9.47 Å². The fourth-order valence-electron chi connectivity index (χ4n) is 1.84. The highest BCUT2D eigenvalue weighted by molar-refractivity contribution is 5.81. The number of hydrogen-bond acceptors (Lipinski definition) is 3. The molecule has 21 heavy (non-hydrogen) atoms. The summed E-state index contributed by atoms with van der Waals surface area (Å²) in [5, 5.41) is 0. The van der Waals surface area contributed by atoms with E-state index >= 15 is 0 Å². The van der Waals surface area contributed by atoms with Crippen molar-refractivity contribution < 1.29 is 14.3 Å². The second-order valence-corrected chi connectivity index (χ2v) is 4.45. The number of esters is 1. The molecule has 0 bridgehead atoms. The van der Waals surface area contributed by atoms with Gasteiger partial charge in [-0.1, -0.05) is 55.5 Å². The Bertz CT molecular complexity index is 603. The van der Waals surface area contributed by atoms with Crippen LogP contribution in [0.5, 0.6) is 5.75 Å². The lowest BCUT2D eigenvalue weighted by atomic mass is 10.1. The van der Waals surface area contributed by atoms with Gasteiger partial charge in [0.05, 0.1) is 18.9 Å². The van der Waals surface area contributed by atoms with Crippen LogP contribution in [-0.2, 0) is 9.53 Å². The van der Waals surface area contributed by atoms with Crippen LogP contribution in [-0.4, -0.2) is 12.6 Å². The maximum absolute atomic E-state index is 11.4. The lowest BCUT2D eigenvalue weighted by Crippen LogP contribution is -2.01. The van der Waals surface area contributed by atoms with Gasteiger partial charge in [0.15, 0.2) is 0 Å². The van der Waals surface area contributed by atoms with Crippen LogP contribution >= 0.6 is 0 Å². The van der Waals surface area contributed by atoms with Crippen molar-refractivity contribution in [2.24, 2.45) is 0 Å². The summed E-state index contributed by atoms with van der Waals surface area (Å²) in [7, 11) is 0. The first-order valence-corrected chi connectivity index (χ1v) is 6.95. The molecule has 0 spiro atoms. The average Bonchev–Trinajstić information content (AvgIpc) is 2.54. The van der Waals surface area contributed by atoms with Gasteiger partial charge in [-0.2, -0.15) is 0 Å². The first-order valence-electron chi connectivity index (χ1n) is 6.95. The Morgan fingerprint density at radius 3 is 2.52 bits per heavy atom. The van der Waals surface area contributed by atoms with Crippen LogP contribution in [0.25, 0.3) is 11.1 Å². The molecule has 0 unspecified atom stereocenters. The SMILES string of the molecule is CCCOC(=O)C=COc1ccccc1-c1ccccc1. The van der Waals surface area contributed by atoms with E-state index in [-0.39, 0.29) is 0 Å². The molecule has 108 valence electrons. The third-order valence-corrected chi connectivity index (χ3v) is 2.82. The van der Waals surface area contributed by atoms with Crippen LogP contribution in [0.15, 0.2) is 66.9 Å². The van der Waals surface area contributed by atoms with Gasteiger partial charge in [0.2, 0.25) is 0 Å². The van der Waals surface area contributed by atoms with E-state index in [1.54, 1.807) is 0 Å². The molecule has 2 aromatic carbocycles. The number of rotatable bonds is 6. The minimum atomic E-state index is -0.394. The van der Waals surface area contributed by atoms with Crippen LogP contribution in [0.4, 0.5) is 0 Å². The van der Waals surface area contributed by atoms with Gasteiger partial charge < -0.3 is 9.47 Å². The van der Waals surface area contributed by atoms with Gasteiger partial charge in [-0.3, -0.25) is 0 Å². The topological polar surface area (TPSA) is 35.5 Å². The van der Waals surface area contributed by atoms with Crippen LogP contribution in [0.2, 0.25) is 0 Å². The molecule has 0 radical (unpaired) electrons. The number of carbonyl (C=O) groups excluding carboxylic acids is 1. The molecule has 0 aliphatic rings. The van der Waals surface area contributed by atoms with Gasteiger partial charge in [0.25, 0.3) is 0 Å². The minimum Gasteiger partial charge on any atom is -0.464 e. The molecule has 0 aliphatic heterocycles. The molecule has 0 aliphatic carbocycles. The molecule has 3 nitrogen and oxygen atoms in total. The summed E-state index contributed by atoms with van der Waals surface area (Å²) in [5.41, 5.74) is 2.04. The highest BCUT2D eigenvalue weighted by Gasteiger charge is 2.04. The Labute approximate surface area is 124 Å². The van der Waals surface area contributed by atoms with E-state index in [9.17, 15) is 4.79 Å². The first-order chi connectivity index (χ1) is 10.3. The lowest BCUT2D eigenvalue weighted by Gasteiger charge is -2.08. The van der Waals surface area contributed by atoms with Crippen LogP contribution in [0, 0.1) is 0 Å². The molecular formula is C18H18O3. The third kappa shape index (κ3) is 4.49. The molecular weight excluding hydrogens is 264 g/mol. The Balaban J connectivity index is 2.08. The van der Waals surface area contributed by atoms with Crippen molar-refractivity contribution >= 4 is 5.97 Å². The summed E-state index contributed by atoms with van der Waals surface area (Å²) in [6, 6.07) is 17.6. The van der Waals surface area contributed by atoms with Crippen molar-refractivity contribution in [3.05, 3.63) is 66.9 Å². The monoisotopic (exact) mass is 282 g/mol. The molecule has 3 heteroatoms. The zero-order valence-electron chi connectivity index (χ0n) is 12.0. The molecule has 0 amide bonds. The van der Waals surface area contributed by atoms with Gasteiger partial charge in [-0.15, -0.1) is 0 Å². The fraction of sp³-hybridized carbons (Fsp3) is 0.167. The molecule has 0 saturated carbocycles. The van der Waals surface area contributed by atoms with Crippen molar-refractivity contribution in [2.75, 3.05) is 6.61 Å². The first kappa shape index (κ1) is 14.9. The largest absolute Gasteiger partial charge is 0.464 e. The normalized spacial score (nSPS) is 10.5. The van der Waals surface area contributed by atoms with E-state index in [1.165, 1.54) is 12.3 Å². The summed E-state index contributed by atoms with van der Waals surface area (Å²) in [5.74, 6) is 0.303. The average molecular weight is 282 g/mol. The van der Waals surface area contributed by atoms with Gasteiger partial charge in [0, 0.05) is 5.56 Å². The van der Waals surface area contributed by atoms with Crippen molar-refractivity contribution in [1.29, 1.82) is 0 Å². The van der Waals surface area contributed by atoms with Crippen LogP contribution in [0.3, 0.4) is 0 Å². The van der Waals surface area contributed by atoms with Gasteiger partial charge in [-0.05, 0) is 18.1 Å². The summed E-state index contributed by atoms with van der Waals surface area (Å²) in [4.78, 5) is 11.4. The molecule has 0 fully saturated rings. The Hall–Kier alpha value is -2.55. The van der Waals surface area contributed by atoms with Crippen molar-refractivity contribution in [3.63, 3.8) is 0 Å². The number of ether oxygens (including phenoxy) is 2. The number of hydrogen-bond donors (Lipinski definition) is 0. The maximum atomic E-state index is 11.4. The van der Waals surface area contributed by atoms with E-state index in [2.05, 4.69) is 0 Å². The van der Waals surface area contributed by atoms with Crippen molar-refractivity contribution in [1.82, 2.24) is 0 Å². The minimum absolute atomic E-state index is 0.394. The molecule has 2 rings (SSSR count). The molecule has 0 heterocycles. The zero-order valence-corrected chi connectivity index (χ0v) is 12.0. The van der Waals surface area contributed by atoms with Crippen LogP contribution < -0.4 is 4.74 Å². The molecule has 0 saturated heterocycles. The number of benzene rings is 2. The van der Waals surface area contributed by atoms with E-state index in [1.807, 2.05) is 61.5 Å². The highest BCUT2D eigenvalue weighted by Crippen LogP contribution is 2.29. The Morgan fingerprint density at radius 1 is 1.05 bits per heavy atom. The summed E-state index contributed by atoms with van der Waals surface area (Å²) < 4.78 is 10.5.